The van der Waals surface area contributed by atoms with E-state index in [9.17, 15) is 9.90 Å². The maximum Gasteiger partial charge on any atom is 0.238 e. The molecule has 0 radical (unpaired) electrons. The van der Waals surface area contributed by atoms with Crippen molar-refractivity contribution >= 4 is 11.6 Å². The summed E-state index contributed by atoms with van der Waals surface area (Å²) in [5.74, 6) is -0.0201. The summed E-state index contributed by atoms with van der Waals surface area (Å²) in [5, 5.41) is 12.9. The van der Waals surface area contributed by atoms with E-state index in [2.05, 4.69) is 5.32 Å². The van der Waals surface area contributed by atoms with Gasteiger partial charge in [-0.15, -0.1) is 0 Å². The molecular weight excluding hydrogens is 394 g/mol. The van der Waals surface area contributed by atoms with E-state index in [1.807, 2.05) is 0 Å². The summed E-state index contributed by atoms with van der Waals surface area (Å²) in [7, 11) is 1.46. The van der Waals surface area contributed by atoms with Crippen molar-refractivity contribution in [2.24, 2.45) is 0 Å². The summed E-state index contributed by atoms with van der Waals surface area (Å²) in [6, 6.07) is 4.15. The number of amides is 1. The number of carbonyl (C=O) groups is 1. The average Bonchev–Trinajstić information content (AvgIpc) is 2.89. The predicted molar refractivity (Wildman–Crippen MR) is 122 cm³/mol. The van der Waals surface area contributed by atoms with Gasteiger partial charge in [0.15, 0.2) is 11.5 Å². The van der Waals surface area contributed by atoms with Crippen molar-refractivity contribution in [1.29, 1.82) is 0 Å². The summed E-state index contributed by atoms with van der Waals surface area (Å²) >= 11 is 0. The number of anilines is 1. The van der Waals surface area contributed by atoms with Crippen molar-refractivity contribution in [3.8, 4) is 11.5 Å². The highest BCUT2D eigenvalue weighted by atomic mass is 16.5. The Morgan fingerprint density at radius 2 is 1.84 bits per heavy atom. The van der Waals surface area contributed by atoms with E-state index < -0.39 is 67.2 Å². The lowest BCUT2D eigenvalue weighted by atomic mass is 10.1. The molecule has 7 heteroatoms. The molecule has 31 heavy (non-hydrogen) atoms. The van der Waals surface area contributed by atoms with E-state index in [-0.39, 0.29) is 39.3 Å². The Labute approximate surface area is 200 Å². The third kappa shape index (κ3) is 6.69. The van der Waals surface area contributed by atoms with E-state index in [1.54, 1.807) is 29.2 Å². The van der Waals surface area contributed by atoms with Gasteiger partial charge in [-0.05, 0) is 37.0 Å². The molecule has 2 N–H and O–H groups in total. The summed E-state index contributed by atoms with van der Waals surface area (Å²) < 4.78 is 98.3. The Morgan fingerprint density at radius 1 is 1.19 bits per heavy atom. The second-order valence-electron chi connectivity index (χ2n) is 6.92. The number of ether oxygens (including phenoxy) is 2. The van der Waals surface area contributed by atoms with Crippen molar-refractivity contribution in [2.75, 3.05) is 58.3 Å². The summed E-state index contributed by atoms with van der Waals surface area (Å²) in [6.45, 7) is -8.32. The number of benzene rings is 2. The Morgan fingerprint density at radius 3 is 2.48 bits per heavy atom. The van der Waals surface area contributed by atoms with E-state index in [1.165, 1.54) is 12.0 Å². The van der Waals surface area contributed by atoms with Crippen LogP contribution in [0, 0.1) is 13.7 Å². The van der Waals surface area contributed by atoms with Crippen molar-refractivity contribution in [3.05, 3.63) is 53.5 Å². The highest BCUT2D eigenvalue weighted by Crippen LogP contribution is 2.25. The number of para-hydroxylation sites is 3. The quantitative estimate of drug-likeness (QED) is 0.626. The fourth-order valence-electron chi connectivity index (χ4n) is 3.10. The normalized spacial score (nSPS) is 22.5. The molecule has 3 rings (SSSR count). The fourth-order valence-corrected chi connectivity index (χ4v) is 3.10. The number of β-amino-alcohol motifs (C(OH)–C–C–N with tert-alkyl or cyclic N) is 1. The molecule has 1 fully saturated rings. The highest BCUT2D eigenvalue weighted by Gasteiger charge is 2.21. The number of hydrogen-bond donors (Lipinski definition) is 2. The molecule has 1 heterocycles. The first-order valence-electron chi connectivity index (χ1n) is 15.3. The number of aliphatic hydroxyl groups is 1. The molecule has 1 aliphatic rings. The van der Waals surface area contributed by atoms with Crippen LogP contribution in [0.4, 0.5) is 5.69 Å². The topological polar surface area (TPSA) is 74.3 Å². The minimum absolute atomic E-state index is 0.119. The van der Waals surface area contributed by atoms with E-state index >= 15 is 0 Å². The number of carbonyl (C=O) groups excluding carboxylic acids is 1. The van der Waals surface area contributed by atoms with Crippen LogP contribution in [-0.2, 0) is 4.79 Å². The van der Waals surface area contributed by atoms with E-state index in [0.29, 0.717) is 11.5 Å². The first-order valence-corrected chi connectivity index (χ1v) is 9.75. The first-order chi connectivity index (χ1) is 19.4. The van der Waals surface area contributed by atoms with Gasteiger partial charge in [0.1, 0.15) is 12.7 Å². The number of methoxy groups -OCH3 is 1. The summed E-state index contributed by atoms with van der Waals surface area (Å²) in [4.78, 5) is 16.0. The number of hydrogen-bond acceptors (Lipinski definition) is 6. The maximum atomic E-state index is 13.0. The van der Waals surface area contributed by atoms with Crippen LogP contribution in [-0.4, -0.2) is 79.9 Å². The van der Waals surface area contributed by atoms with Crippen molar-refractivity contribution in [3.63, 3.8) is 0 Å². The van der Waals surface area contributed by atoms with Gasteiger partial charge in [0, 0.05) is 49.3 Å². The minimum atomic E-state index is -3.05. The molecule has 2 aromatic rings. The van der Waals surface area contributed by atoms with Gasteiger partial charge in [-0.2, -0.15) is 0 Å². The number of nitrogens with one attached hydrogen (secondary N) is 1. The molecule has 0 spiro atoms. The molecule has 1 saturated heterocycles. The number of nitrogens with zero attached hydrogens (tertiary/aromatic N) is 2. The van der Waals surface area contributed by atoms with Gasteiger partial charge in [0.05, 0.1) is 17.8 Å². The van der Waals surface area contributed by atoms with Gasteiger partial charge in [-0.1, -0.05) is 30.3 Å². The lowest BCUT2D eigenvalue weighted by Crippen LogP contribution is -2.50. The lowest BCUT2D eigenvalue weighted by molar-refractivity contribution is -0.117. The number of rotatable bonds is 9. The van der Waals surface area contributed by atoms with Crippen molar-refractivity contribution < 1.29 is 34.5 Å². The first kappa shape index (κ1) is 12.4. The maximum absolute atomic E-state index is 13.0. The Hall–Kier alpha value is -2.61. The second kappa shape index (κ2) is 11.1. The molecule has 1 aliphatic heterocycles. The molecule has 168 valence electrons. The smallest absolute Gasteiger partial charge is 0.238 e. The zero-order valence-electron chi connectivity index (χ0n) is 28.2. The molecular formula is C24H33N3O4. The molecule has 0 saturated carbocycles. The highest BCUT2D eigenvalue weighted by molar-refractivity contribution is 5.93. The number of piperazine rings is 1. The van der Waals surface area contributed by atoms with Gasteiger partial charge in [-0.25, -0.2) is 0 Å². The van der Waals surface area contributed by atoms with E-state index in [0.717, 1.165) is 0 Å². The second-order valence-corrected chi connectivity index (χ2v) is 6.92. The SMILES string of the molecule is [2H]c1c([2H])c(C([2H])([2H])[2H])c(NC(=O)CN2CCN(C([2H])([2H])C(O)COc3ccccc3OC)CC2)c(C([2H])([2H])[2H])c1[2H]. The van der Waals surface area contributed by atoms with Crippen LogP contribution >= 0.6 is 0 Å². The molecule has 1 amide bonds. The predicted octanol–water partition coefficient (Wildman–Crippen LogP) is 2.31. The molecule has 7 nitrogen and oxygen atoms in total. The van der Waals surface area contributed by atoms with E-state index in [4.69, 9.17) is 24.6 Å². The molecule has 1 unspecified atom stereocenters. The fraction of sp³-hybridized carbons (Fsp3) is 0.458. The van der Waals surface area contributed by atoms with Crippen LogP contribution in [0.2, 0.25) is 0 Å². The van der Waals surface area contributed by atoms with Gasteiger partial charge in [-0.3, -0.25) is 14.6 Å². The minimum Gasteiger partial charge on any atom is -0.493 e. The summed E-state index contributed by atoms with van der Waals surface area (Å²) in [6.07, 6.45) is -1.52. The Kier molecular flexibility index (Phi) is 4.47. The van der Waals surface area contributed by atoms with Gasteiger partial charge in [0.25, 0.3) is 0 Å². The zero-order chi connectivity index (χ0) is 31.6. The third-order valence-electron chi connectivity index (χ3n) is 4.68. The van der Waals surface area contributed by atoms with Crippen LogP contribution in [0.25, 0.3) is 0 Å². The third-order valence-corrected chi connectivity index (χ3v) is 4.68. The average molecular weight is 439 g/mol. The molecule has 2 aromatic carbocycles. The Bertz CT molecular complexity index is 1240. The monoisotopic (exact) mass is 438 g/mol. The number of aliphatic hydroxyl groups excluding tert-OH is 1. The van der Waals surface area contributed by atoms with Crippen LogP contribution < -0.4 is 14.8 Å². The Balaban J connectivity index is 1.68. The standard InChI is InChI=1S/C24H33N3O4/c1-18-7-6-8-19(2)24(18)25-23(29)16-27-13-11-26(12-14-27)15-20(28)17-31-22-10-5-4-9-21(22)30-3/h4-10,20,28H,11-17H2,1-3H3,(H,25,29)/i1D3,2D3,6D,7D,8D,15D2. The van der Waals surface area contributed by atoms with Crippen LogP contribution in [0.1, 0.15) is 26.2 Å². The zero-order valence-corrected chi connectivity index (χ0v) is 17.2. The van der Waals surface area contributed by atoms with Crippen molar-refractivity contribution in [2.45, 2.75) is 19.8 Å². The van der Waals surface area contributed by atoms with Crippen LogP contribution in [0.5, 0.6) is 11.5 Å². The van der Waals surface area contributed by atoms with Crippen LogP contribution in [0.15, 0.2) is 42.4 Å². The molecule has 0 aromatic heterocycles. The lowest BCUT2D eigenvalue weighted by Gasteiger charge is -2.35. The van der Waals surface area contributed by atoms with Crippen LogP contribution in [0.3, 0.4) is 0 Å². The van der Waals surface area contributed by atoms with Gasteiger partial charge >= 0.3 is 0 Å². The molecule has 1 atom stereocenters. The van der Waals surface area contributed by atoms with Gasteiger partial charge < -0.3 is 19.9 Å². The molecule has 0 aliphatic carbocycles. The van der Waals surface area contributed by atoms with Crippen molar-refractivity contribution in [1.82, 2.24) is 9.80 Å². The largest absolute Gasteiger partial charge is 0.493 e. The molecule has 0 bridgehead atoms. The summed E-state index contributed by atoms with van der Waals surface area (Å²) in [5.41, 5.74) is -2.35. The van der Waals surface area contributed by atoms with Gasteiger partial charge in [0.2, 0.25) is 5.91 Å².